The zero-order valence-electron chi connectivity index (χ0n) is 11.6. The summed E-state index contributed by atoms with van der Waals surface area (Å²) in [5.41, 5.74) is 1.30. The molecule has 1 unspecified atom stereocenters. The minimum atomic E-state index is -1.04. The van der Waals surface area contributed by atoms with Crippen molar-refractivity contribution < 1.29 is 19.4 Å². The number of aryl methyl sites for hydroxylation is 1. The van der Waals surface area contributed by atoms with Crippen LogP contribution in [0.5, 0.6) is 5.75 Å². The Bertz CT molecular complexity index is 482. The van der Waals surface area contributed by atoms with E-state index in [9.17, 15) is 9.59 Å². The van der Waals surface area contributed by atoms with E-state index < -0.39 is 17.9 Å². The zero-order valence-corrected chi connectivity index (χ0v) is 11.6. The number of carbonyl (C=O) groups excluding carboxylic acids is 1. The third-order valence-corrected chi connectivity index (χ3v) is 2.89. The van der Waals surface area contributed by atoms with Gasteiger partial charge in [-0.15, -0.1) is 0 Å². The quantitative estimate of drug-likeness (QED) is 0.851. The Hall–Kier alpha value is -2.04. The van der Waals surface area contributed by atoms with Crippen molar-refractivity contribution in [2.45, 2.75) is 26.8 Å². The average Bonchev–Trinajstić information content (AvgIpc) is 2.35. The summed E-state index contributed by atoms with van der Waals surface area (Å²) in [4.78, 5) is 23.1. The van der Waals surface area contributed by atoms with E-state index in [-0.39, 0.29) is 5.92 Å². The van der Waals surface area contributed by atoms with Gasteiger partial charge in [-0.3, -0.25) is 4.79 Å². The van der Waals surface area contributed by atoms with Gasteiger partial charge in [0, 0.05) is 5.56 Å². The molecule has 1 aromatic carbocycles. The first-order valence-electron chi connectivity index (χ1n) is 6.05. The maximum absolute atomic E-state index is 12.0. The number of amides is 1. The van der Waals surface area contributed by atoms with Gasteiger partial charge in [0.1, 0.15) is 11.8 Å². The highest BCUT2D eigenvalue weighted by Crippen LogP contribution is 2.19. The van der Waals surface area contributed by atoms with Crippen molar-refractivity contribution in [3.8, 4) is 5.75 Å². The van der Waals surface area contributed by atoms with Crippen LogP contribution in [0.1, 0.15) is 29.8 Å². The molecule has 1 aromatic rings. The predicted molar refractivity (Wildman–Crippen MR) is 71.5 cm³/mol. The van der Waals surface area contributed by atoms with E-state index in [1.165, 1.54) is 7.11 Å². The average molecular weight is 265 g/mol. The van der Waals surface area contributed by atoms with Gasteiger partial charge in [-0.25, -0.2) is 4.79 Å². The van der Waals surface area contributed by atoms with E-state index in [4.69, 9.17) is 9.84 Å². The van der Waals surface area contributed by atoms with Crippen LogP contribution in [0.2, 0.25) is 0 Å². The molecule has 1 amide bonds. The maximum Gasteiger partial charge on any atom is 0.326 e. The molecule has 104 valence electrons. The van der Waals surface area contributed by atoms with Crippen LogP contribution in [0.3, 0.4) is 0 Å². The van der Waals surface area contributed by atoms with Gasteiger partial charge < -0.3 is 15.2 Å². The lowest BCUT2D eigenvalue weighted by Crippen LogP contribution is -2.44. The van der Waals surface area contributed by atoms with E-state index in [0.29, 0.717) is 11.3 Å². The molecule has 1 rings (SSSR count). The van der Waals surface area contributed by atoms with Crippen molar-refractivity contribution in [3.05, 3.63) is 29.3 Å². The molecular formula is C14H19NO4. The fourth-order valence-corrected chi connectivity index (χ4v) is 1.70. The van der Waals surface area contributed by atoms with Gasteiger partial charge in [0.05, 0.1) is 7.11 Å². The second kappa shape index (κ2) is 6.22. The Morgan fingerprint density at radius 2 is 1.95 bits per heavy atom. The molecule has 0 saturated carbocycles. The molecule has 0 aliphatic rings. The number of rotatable bonds is 5. The van der Waals surface area contributed by atoms with Gasteiger partial charge in [0.25, 0.3) is 5.91 Å². The molecule has 5 nitrogen and oxygen atoms in total. The minimum absolute atomic E-state index is 0.186. The second-order valence-electron chi connectivity index (χ2n) is 4.72. The SMILES string of the molecule is COc1cc(C(=O)NC(C(=O)O)C(C)C)ccc1C. The molecule has 0 aliphatic heterocycles. The zero-order chi connectivity index (χ0) is 14.6. The van der Waals surface area contributed by atoms with Crippen LogP contribution in [-0.4, -0.2) is 30.1 Å². The van der Waals surface area contributed by atoms with Crippen molar-refractivity contribution >= 4 is 11.9 Å². The summed E-state index contributed by atoms with van der Waals surface area (Å²) in [6.45, 7) is 5.36. The predicted octanol–water partition coefficient (Wildman–Crippen LogP) is 1.84. The largest absolute Gasteiger partial charge is 0.496 e. The van der Waals surface area contributed by atoms with E-state index in [1.54, 1.807) is 32.0 Å². The number of benzene rings is 1. The summed E-state index contributed by atoms with van der Waals surface area (Å²) >= 11 is 0. The first-order chi connectivity index (χ1) is 8.86. The Balaban J connectivity index is 2.91. The Kier molecular flexibility index (Phi) is 4.92. The molecule has 0 bridgehead atoms. The maximum atomic E-state index is 12.0. The highest BCUT2D eigenvalue weighted by molar-refractivity contribution is 5.97. The smallest absolute Gasteiger partial charge is 0.326 e. The van der Waals surface area contributed by atoms with Crippen molar-refractivity contribution in [3.63, 3.8) is 0 Å². The molecule has 19 heavy (non-hydrogen) atoms. The number of nitrogens with one attached hydrogen (secondary N) is 1. The van der Waals surface area contributed by atoms with E-state index >= 15 is 0 Å². The number of carbonyl (C=O) groups is 2. The minimum Gasteiger partial charge on any atom is -0.496 e. The molecule has 5 heteroatoms. The highest BCUT2D eigenvalue weighted by atomic mass is 16.5. The monoisotopic (exact) mass is 265 g/mol. The van der Waals surface area contributed by atoms with E-state index in [1.807, 2.05) is 6.92 Å². The number of carboxylic acid groups (broad SMARTS) is 1. The molecular weight excluding hydrogens is 246 g/mol. The van der Waals surface area contributed by atoms with Gasteiger partial charge in [0.2, 0.25) is 0 Å². The number of ether oxygens (including phenoxy) is 1. The van der Waals surface area contributed by atoms with Crippen molar-refractivity contribution in [1.29, 1.82) is 0 Å². The van der Waals surface area contributed by atoms with Crippen molar-refractivity contribution in [1.82, 2.24) is 5.32 Å². The van der Waals surface area contributed by atoms with E-state index in [0.717, 1.165) is 5.56 Å². The Labute approximate surface area is 112 Å². The molecule has 0 aromatic heterocycles. The third kappa shape index (κ3) is 3.71. The lowest BCUT2D eigenvalue weighted by Gasteiger charge is -2.18. The van der Waals surface area contributed by atoms with Crippen molar-refractivity contribution in [2.24, 2.45) is 5.92 Å². The topological polar surface area (TPSA) is 75.6 Å². The summed E-state index contributed by atoms with van der Waals surface area (Å²) in [7, 11) is 1.53. The fraction of sp³-hybridized carbons (Fsp3) is 0.429. The summed E-state index contributed by atoms with van der Waals surface area (Å²) in [5.74, 6) is -1.04. The summed E-state index contributed by atoms with van der Waals surface area (Å²) in [5, 5.41) is 11.6. The second-order valence-corrected chi connectivity index (χ2v) is 4.72. The first kappa shape index (κ1) is 15.0. The first-order valence-corrected chi connectivity index (χ1v) is 6.05. The number of hydrogen-bond acceptors (Lipinski definition) is 3. The standard InChI is InChI=1S/C14H19NO4/c1-8(2)12(14(17)18)15-13(16)10-6-5-9(3)11(7-10)19-4/h5-8,12H,1-4H3,(H,15,16)(H,17,18). The molecule has 0 aliphatic carbocycles. The third-order valence-electron chi connectivity index (χ3n) is 2.89. The van der Waals surface area contributed by atoms with E-state index in [2.05, 4.69) is 5.32 Å². The van der Waals surface area contributed by atoms with Gasteiger partial charge in [-0.05, 0) is 30.5 Å². The van der Waals surface area contributed by atoms with Crippen LogP contribution in [0.25, 0.3) is 0 Å². The summed E-state index contributed by atoms with van der Waals surface area (Å²) in [6.07, 6.45) is 0. The number of carboxylic acids is 1. The van der Waals surface area contributed by atoms with Gasteiger partial charge in [-0.1, -0.05) is 19.9 Å². The van der Waals surface area contributed by atoms with Crippen LogP contribution in [0.4, 0.5) is 0 Å². The molecule has 0 saturated heterocycles. The number of methoxy groups -OCH3 is 1. The lowest BCUT2D eigenvalue weighted by molar-refractivity contribution is -0.140. The molecule has 0 radical (unpaired) electrons. The van der Waals surface area contributed by atoms with Crippen molar-refractivity contribution in [2.75, 3.05) is 7.11 Å². The lowest BCUT2D eigenvalue weighted by atomic mass is 10.0. The van der Waals surface area contributed by atoms with Gasteiger partial charge in [-0.2, -0.15) is 0 Å². The number of aliphatic carboxylic acids is 1. The van der Waals surface area contributed by atoms with Crippen LogP contribution in [-0.2, 0) is 4.79 Å². The van der Waals surface area contributed by atoms with Crippen LogP contribution in [0.15, 0.2) is 18.2 Å². The normalized spacial score (nSPS) is 12.1. The molecule has 0 heterocycles. The van der Waals surface area contributed by atoms with Crippen LogP contribution < -0.4 is 10.1 Å². The van der Waals surface area contributed by atoms with Crippen LogP contribution >= 0.6 is 0 Å². The summed E-state index contributed by atoms with van der Waals surface area (Å²) in [6, 6.07) is 4.11. The van der Waals surface area contributed by atoms with Crippen LogP contribution in [0, 0.1) is 12.8 Å². The van der Waals surface area contributed by atoms with Gasteiger partial charge >= 0.3 is 5.97 Å². The Morgan fingerprint density at radius 3 is 2.42 bits per heavy atom. The van der Waals surface area contributed by atoms with Gasteiger partial charge in [0.15, 0.2) is 0 Å². The molecule has 0 spiro atoms. The Morgan fingerprint density at radius 1 is 1.32 bits per heavy atom. The molecule has 0 fully saturated rings. The summed E-state index contributed by atoms with van der Waals surface area (Å²) < 4.78 is 5.14. The molecule has 1 atom stereocenters. The highest BCUT2D eigenvalue weighted by Gasteiger charge is 2.24. The molecule has 2 N–H and O–H groups in total. The number of hydrogen-bond donors (Lipinski definition) is 2. The fourth-order valence-electron chi connectivity index (χ4n) is 1.70.